The van der Waals surface area contributed by atoms with Gasteiger partial charge in [0.15, 0.2) is 0 Å². The number of carbonyl (C=O) groups excluding carboxylic acids is 2. The highest BCUT2D eigenvalue weighted by atomic mass is 32.1. The SMILES string of the molecule is O=C(CC1CC2(CCN(C(=O)c3ccsc3)CC2)Oc2ccccc21)NCC1CC1. The Morgan fingerprint density at radius 3 is 2.70 bits per heavy atom. The molecular weight excluding hydrogens is 396 g/mol. The zero-order chi connectivity index (χ0) is 20.6. The third-order valence-corrected chi connectivity index (χ3v) is 7.43. The van der Waals surface area contributed by atoms with Crippen LogP contribution in [0.2, 0.25) is 0 Å². The van der Waals surface area contributed by atoms with E-state index in [1.54, 1.807) is 11.3 Å². The number of thiophene rings is 1. The van der Waals surface area contributed by atoms with E-state index in [-0.39, 0.29) is 23.3 Å². The molecular formula is C24H28N2O3S. The number of benzene rings is 1. The number of likely N-dealkylation sites (tertiary alicyclic amines) is 1. The van der Waals surface area contributed by atoms with E-state index in [2.05, 4.69) is 11.4 Å². The molecule has 1 spiro atoms. The summed E-state index contributed by atoms with van der Waals surface area (Å²) in [6.45, 7) is 2.20. The number of ether oxygens (including phenoxy) is 1. The van der Waals surface area contributed by atoms with E-state index in [0.29, 0.717) is 25.4 Å². The number of hydrogen-bond donors (Lipinski definition) is 1. The fourth-order valence-electron chi connectivity index (χ4n) is 4.80. The number of hydrogen-bond acceptors (Lipinski definition) is 4. The molecule has 0 radical (unpaired) electrons. The molecule has 1 aromatic carbocycles. The van der Waals surface area contributed by atoms with Crippen LogP contribution < -0.4 is 10.1 Å². The van der Waals surface area contributed by atoms with Gasteiger partial charge in [-0.15, -0.1) is 0 Å². The quantitative estimate of drug-likeness (QED) is 0.782. The van der Waals surface area contributed by atoms with Gasteiger partial charge in [0.25, 0.3) is 5.91 Å². The maximum absolute atomic E-state index is 12.7. The molecule has 1 unspecified atom stereocenters. The highest BCUT2D eigenvalue weighted by Gasteiger charge is 2.44. The summed E-state index contributed by atoms with van der Waals surface area (Å²) >= 11 is 1.55. The van der Waals surface area contributed by atoms with Crippen molar-refractivity contribution in [2.24, 2.45) is 5.92 Å². The Labute approximate surface area is 181 Å². The van der Waals surface area contributed by atoms with Crippen LogP contribution in [0.5, 0.6) is 5.75 Å². The van der Waals surface area contributed by atoms with Crippen LogP contribution >= 0.6 is 11.3 Å². The van der Waals surface area contributed by atoms with Gasteiger partial charge < -0.3 is 15.0 Å². The highest BCUT2D eigenvalue weighted by Crippen LogP contribution is 2.46. The van der Waals surface area contributed by atoms with Gasteiger partial charge in [0, 0.05) is 50.2 Å². The summed E-state index contributed by atoms with van der Waals surface area (Å²) in [6, 6.07) is 10.0. The van der Waals surface area contributed by atoms with Crippen molar-refractivity contribution in [3.8, 4) is 5.75 Å². The lowest BCUT2D eigenvalue weighted by atomic mass is 9.76. The van der Waals surface area contributed by atoms with Crippen LogP contribution in [-0.2, 0) is 4.79 Å². The Morgan fingerprint density at radius 1 is 1.17 bits per heavy atom. The van der Waals surface area contributed by atoms with Gasteiger partial charge in [0.05, 0.1) is 5.56 Å². The van der Waals surface area contributed by atoms with Gasteiger partial charge in [-0.3, -0.25) is 9.59 Å². The molecule has 2 amide bonds. The summed E-state index contributed by atoms with van der Waals surface area (Å²) in [6.07, 6.45) is 5.43. The summed E-state index contributed by atoms with van der Waals surface area (Å²) in [7, 11) is 0. The molecule has 1 aliphatic carbocycles. The Hall–Kier alpha value is -2.34. The molecule has 2 aromatic rings. The number of fused-ring (bicyclic) bond motifs is 1. The van der Waals surface area contributed by atoms with E-state index in [9.17, 15) is 9.59 Å². The number of nitrogens with one attached hydrogen (secondary N) is 1. The molecule has 6 heteroatoms. The zero-order valence-electron chi connectivity index (χ0n) is 17.1. The van der Waals surface area contributed by atoms with Crippen LogP contribution in [0.15, 0.2) is 41.1 Å². The smallest absolute Gasteiger partial charge is 0.254 e. The average molecular weight is 425 g/mol. The van der Waals surface area contributed by atoms with Crippen LogP contribution in [0.1, 0.15) is 60.4 Å². The lowest BCUT2D eigenvalue weighted by molar-refractivity contribution is -0.122. The molecule has 158 valence electrons. The Morgan fingerprint density at radius 2 is 1.97 bits per heavy atom. The highest BCUT2D eigenvalue weighted by molar-refractivity contribution is 7.08. The average Bonchev–Trinajstić information content (AvgIpc) is 3.43. The molecule has 1 saturated carbocycles. The molecule has 5 nitrogen and oxygen atoms in total. The molecule has 30 heavy (non-hydrogen) atoms. The molecule has 1 N–H and O–H groups in total. The van der Waals surface area contributed by atoms with Gasteiger partial charge in [-0.05, 0) is 48.3 Å². The van der Waals surface area contributed by atoms with E-state index in [1.807, 2.05) is 39.9 Å². The zero-order valence-corrected chi connectivity index (χ0v) is 18.0. The first kappa shape index (κ1) is 19.6. The second kappa shape index (κ2) is 8.06. The molecule has 2 aliphatic heterocycles. The number of nitrogens with zero attached hydrogens (tertiary/aromatic N) is 1. The number of para-hydroxylation sites is 1. The normalized spacial score (nSPS) is 22.3. The summed E-state index contributed by atoms with van der Waals surface area (Å²) in [5.74, 6) is 2.00. The fourth-order valence-corrected chi connectivity index (χ4v) is 5.42. The Balaban J connectivity index is 1.28. The van der Waals surface area contributed by atoms with Crippen molar-refractivity contribution < 1.29 is 14.3 Å². The van der Waals surface area contributed by atoms with Crippen LogP contribution in [0, 0.1) is 5.92 Å². The number of carbonyl (C=O) groups is 2. The Bertz CT molecular complexity index is 914. The van der Waals surface area contributed by atoms with Gasteiger partial charge in [0.2, 0.25) is 5.91 Å². The molecule has 1 atom stereocenters. The standard InChI is InChI=1S/C24H28N2O3S/c27-22(25-15-17-5-6-17)13-19-14-24(29-21-4-2-1-3-20(19)21)8-10-26(11-9-24)23(28)18-7-12-30-16-18/h1-4,7,12,16-17,19H,5-6,8-11,13-15H2,(H,25,27). The minimum Gasteiger partial charge on any atom is -0.487 e. The van der Waals surface area contributed by atoms with Crippen LogP contribution in [-0.4, -0.2) is 41.9 Å². The first-order valence-corrected chi connectivity index (χ1v) is 11.9. The summed E-state index contributed by atoms with van der Waals surface area (Å²) in [5, 5.41) is 6.98. The predicted molar refractivity (Wildman–Crippen MR) is 117 cm³/mol. The van der Waals surface area contributed by atoms with E-state index < -0.39 is 0 Å². The van der Waals surface area contributed by atoms with E-state index in [1.165, 1.54) is 12.8 Å². The molecule has 1 aromatic heterocycles. The minimum absolute atomic E-state index is 0.110. The first-order valence-electron chi connectivity index (χ1n) is 11.0. The maximum Gasteiger partial charge on any atom is 0.254 e. The van der Waals surface area contributed by atoms with Crippen LogP contribution in [0.3, 0.4) is 0 Å². The third-order valence-electron chi connectivity index (χ3n) is 6.75. The topological polar surface area (TPSA) is 58.6 Å². The number of piperidine rings is 1. The van der Waals surface area contributed by atoms with E-state index in [0.717, 1.165) is 42.7 Å². The van der Waals surface area contributed by atoms with Gasteiger partial charge in [-0.1, -0.05) is 18.2 Å². The molecule has 2 fully saturated rings. The van der Waals surface area contributed by atoms with Gasteiger partial charge in [-0.25, -0.2) is 0 Å². The fraction of sp³-hybridized carbons (Fsp3) is 0.500. The molecule has 5 rings (SSSR count). The van der Waals surface area contributed by atoms with Gasteiger partial charge in [-0.2, -0.15) is 11.3 Å². The summed E-state index contributed by atoms with van der Waals surface area (Å²) < 4.78 is 6.53. The van der Waals surface area contributed by atoms with Crippen LogP contribution in [0.25, 0.3) is 0 Å². The van der Waals surface area contributed by atoms with Gasteiger partial charge >= 0.3 is 0 Å². The Kier molecular flexibility index (Phi) is 5.27. The lowest BCUT2D eigenvalue weighted by Crippen LogP contribution is -2.52. The number of rotatable bonds is 5. The molecule has 3 aliphatic rings. The van der Waals surface area contributed by atoms with E-state index >= 15 is 0 Å². The van der Waals surface area contributed by atoms with Crippen molar-refractivity contribution in [3.63, 3.8) is 0 Å². The van der Waals surface area contributed by atoms with E-state index in [4.69, 9.17) is 4.74 Å². The minimum atomic E-state index is -0.290. The second-order valence-electron chi connectivity index (χ2n) is 8.98. The van der Waals surface area contributed by atoms with Crippen molar-refractivity contribution in [2.75, 3.05) is 19.6 Å². The molecule has 0 bridgehead atoms. The van der Waals surface area contributed by atoms with Crippen molar-refractivity contribution >= 4 is 23.2 Å². The lowest BCUT2D eigenvalue weighted by Gasteiger charge is -2.47. The number of amides is 2. The van der Waals surface area contributed by atoms with Gasteiger partial charge in [0.1, 0.15) is 11.4 Å². The monoisotopic (exact) mass is 424 g/mol. The van der Waals surface area contributed by atoms with Crippen molar-refractivity contribution in [1.82, 2.24) is 10.2 Å². The summed E-state index contributed by atoms with van der Waals surface area (Å²) in [4.78, 5) is 27.2. The maximum atomic E-state index is 12.7. The van der Waals surface area contributed by atoms with Crippen molar-refractivity contribution in [3.05, 3.63) is 52.2 Å². The largest absolute Gasteiger partial charge is 0.487 e. The van der Waals surface area contributed by atoms with Crippen molar-refractivity contribution in [1.29, 1.82) is 0 Å². The first-order chi connectivity index (χ1) is 14.6. The second-order valence-corrected chi connectivity index (χ2v) is 9.76. The predicted octanol–water partition coefficient (Wildman–Crippen LogP) is 4.21. The third kappa shape index (κ3) is 4.10. The molecule has 3 heterocycles. The van der Waals surface area contributed by atoms with Crippen LogP contribution in [0.4, 0.5) is 0 Å². The molecule has 1 saturated heterocycles. The summed E-state index contributed by atoms with van der Waals surface area (Å²) in [5.41, 5.74) is 1.62. The van der Waals surface area contributed by atoms with Crippen molar-refractivity contribution in [2.45, 2.75) is 50.0 Å².